The molecule has 0 saturated carbocycles. The van der Waals surface area contributed by atoms with Crippen LogP contribution in [0.5, 0.6) is 5.75 Å². The van der Waals surface area contributed by atoms with Crippen LogP contribution in [0, 0.1) is 0 Å². The molecule has 0 N–H and O–H groups in total. The summed E-state index contributed by atoms with van der Waals surface area (Å²) < 4.78 is 11.5. The van der Waals surface area contributed by atoms with Crippen LogP contribution in [0.3, 0.4) is 0 Å². The average molecular weight is 331 g/mol. The van der Waals surface area contributed by atoms with Gasteiger partial charge < -0.3 is 19.3 Å². The van der Waals surface area contributed by atoms with Crippen LogP contribution in [-0.2, 0) is 11.2 Å². The maximum atomic E-state index is 5.89. The first-order chi connectivity index (χ1) is 11.5. The maximum Gasteiger partial charge on any atom is 0.220 e. The van der Waals surface area contributed by atoms with Gasteiger partial charge >= 0.3 is 0 Å². The monoisotopic (exact) mass is 331 g/mol. The number of benzene rings is 1. The Balaban J connectivity index is 1.78. The molecule has 2 aliphatic heterocycles. The number of likely N-dealkylation sites (N-methyl/N-ethyl adjacent to an activating group) is 1. The summed E-state index contributed by atoms with van der Waals surface area (Å²) in [7, 11) is 3.90. The van der Waals surface area contributed by atoms with Gasteiger partial charge in [-0.15, -0.1) is 0 Å². The van der Waals surface area contributed by atoms with Gasteiger partial charge in [0.2, 0.25) is 5.90 Å². The Kier molecular flexibility index (Phi) is 5.11. The van der Waals surface area contributed by atoms with Crippen molar-refractivity contribution < 1.29 is 9.47 Å². The van der Waals surface area contributed by atoms with Crippen LogP contribution in [0.4, 0.5) is 0 Å². The van der Waals surface area contributed by atoms with Crippen LogP contribution in [0.2, 0.25) is 0 Å². The van der Waals surface area contributed by atoms with Crippen molar-refractivity contribution in [1.82, 2.24) is 9.80 Å². The summed E-state index contributed by atoms with van der Waals surface area (Å²) in [6.07, 6.45) is 0.985. The lowest BCUT2D eigenvalue weighted by Gasteiger charge is -2.32. The molecule has 1 saturated heterocycles. The molecule has 0 unspecified atom stereocenters. The zero-order chi connectivity index (χ0) is 17.2. The van der Waals surface area contributed by atoms with E-state index < -0.39 is 0 Å². The first-order valence-electron chi connectivity index (χ1n) is 8.78. The smallest absolute Gasteiger partial charge is 0.220 e. The van der Waals surface area contributed by atoms with Crippen molar-refractivity contribution in [3.63, 3.8) is 0 Å². The predicted molar refractivity (Wildman–Crippen MR) is 97.2 cm³/mol. The fourth-order valence-corrected chi connectivity index (χ4v) is 3.26. The fraction of sp³-hybridized carbons (Fsp3) is 0.632. The summed E-state index contributed by atoms with van der Waals surface area (Å²) in [5.74, 6) is 1.58. The Morgan fingerprint density at radius 3 is 2.58 bits per heavy atom. The van der Waals surface area contributed by atoms with E-state index in [0.29, 0.717) is 6.61 Å². The number of methoxy groups -OCH3 is 1. The van der Waals surface area contributed by atoms with Crippen molar-refractivity contribution in [2.24, 2.45) is 4.99 Å². The lowest BCUT2D eigenvalue weighted by molar-refractivity contribution is 0.155. The van der Waals surface area contributed by atoms with Crippen LogP contribution >= 0.6 is 0 Å². The molecule has 2 heterocycles. The number of hydrogen-bond acceptors (Lipinski definition) is 5. The van der Waals surface area contributed by atoms with E-state index in [1.165, 1.54) is 5.56 Å². The summed E-state index contributed by atoms with van der Waals surface area (Å²) in [5, 5.41) is 0. The Bertz CT molecular complexity index is 605. The Hall–Kier alpha value is -1.59. The number of nitrogens with zero attached hydrogens (tertiary/aromatic N) is 3. The molecule has 5 heteroatoms. The van der Waals surface area contributed by atoms with Gasteiger partial charge in [0.25, 0.3) is 0 Å². The van der Waals surface area contributed by atoms with E-state index in [4.69, 9.17) is 14.5 Å². The second-order valence-electron chi connectivity index (χ2n) is 7.41. The number of rotatable bonds is 5. The highest BCUT2D eigenvalue weighted by Gasteiger charge is 2.30. The van der Waals surface area contributed by atoms with Crippen LogP contribution in [-0.4, -0.2) is 74.7 Å². The fourth-order valence-electron chi connectivity index (χ4n) is 3.26. The highest BCUT2D eigenvalue weighted by molar-refractivity contribution is 5.99. The Labute approximate surface area is 145 Å². The largest absolute Gasteiger partial charge is 0.496 e. The Morgan fingerprint density at radius 2 is 1.96 bits per heavy atom. The molecule has 24 heavy (non-hydrogen) atoms. The molecular formula is C19H29N3O2. The minimum atomic E-state index is -0.162. The molecule has 1 fully saturated rings. The van der Waals surface area contributed by atoms with E-state index in [0.717, 1.165) is 56.4 Å². The minimum Gasteiger partial charge on any atom is -0.496 e. The van der Waals surface area contributed by atoms with Gasteiger partial charge in [0.15, 0.2) is 0 Å². The molecule has 0 aromatic heterocycles. The molecule has 3 rings (SSSR count). The first kappa shape index (κ1) is 17.2. The van der Waals surface area contributed by atoms with Crippen molar-refractivity contribution in [3.8, 4) is 5.75 Å². The van der Waals surface area contributed by atoms with Crippen molar-refractivity contribution in [2.45, 2.75) is 25.8 Å². The van der Waals surface area contributed by atoms with Crippen molar-refractivity contribution in [2.75, 3.05) is 53.5 Å². The van der Waals surface area contributed by atoms with Gasteiger partial charge in [0.1, 0.15) is 12.4 Å². The minimum absolute atomic E-state index is 0.162. The third-order valence-corrected chi connectivity index (χ3v) is 4.81. The highest BCUT2D eigenvalue weighted by atomic mass is 16.5. The third kappa shape index (κ3) is 3.90. The molecular weight excluding hydrogens is 302 g/mol. The molecule has 1 aromatic rings. The van der Waals surface area contributed by atoms with Crippen molar-refractivity contribution >= 4 is 5.90 Å². The molecule has 0 bridgehead atoms. The SMILES string of the molecule is COc1cccc(CCN2CCN(C)CC2)c1C1=NC(C)(C)CO1. The summed E-state index contributed by atoms with van der Waals surface area (Å²) in [6.45, 7) is 10.5. The predicted octanol–water partition coefficient (Wildman–Crippen LogP) is 2.04. The average Bonchev–Trinajstić information content (AvgIpc) is 2.93. The molecule has 0 radical (unpaired) electrons. The van der Waals surface area contributed by atoms with Gasteiger partial charge in [-0.3, -0.25) is 0 Å². The lowest BCUT2D eigenvalue weighted by Crippen LogP contribution is -2.45. The second kappa shape index (κ2) is 7.11. The zero-order valence-corrected chi connectivity index (χ0v) is 15.3. The van der Waals surface area contributed by atoms with E-state index in [-0.39, 0.29) is 5.54 Å². The number of aliphatic imine (C=N–C) groups is 1. The van der Waals surface area contributed by atoms with Crippen LogP contribution in [0.25, 0.3) is 0 Å². The summed E-state index contributed by atoms with van der Waals surface area (Å²) >= 11 is 0. The van der Waals surface area contributed by atoms with Gasteiger partial charge in [-0.25, -0.2) is 4.99 Å². The van der Waals surface area contributed by atoms with Crippen LogP contribution in [0.15, 0.2) is 23.2 Å². The maximum absolute atomic E-state index is 5.89. The Morgan fingerprint density at radius 1 is 1.21 bits per heavy atom. The molecule has 0 amide bonds. The van der Waals surface area contributed by atoms with Gasteiger partial charge in [-0.05, 0) is 38.9 Å². The number of ether oxygens (including phenoxy) is 2. The number of piperazine rings is 1. The van der Waals surface area contributed by atoms with Crippen molar-refractivity contribution in [3.05, 3.63) is 29.3 Å². The molecule has 5 nitrogen and oxygen atoms in total. The quantitative estimate of drug-likeness (QED) is 0.827. The van der Waals surface area contributed by atoms with Gasteiger partial charge in [-0.1, -0.05) is 12.1 Å². The van der Waals surface area contributed by atoms with E-state index in [9.17, 15) is 0 Å². The van der Waals surface area contributed by atoms with Gasteiger partial charge in [0.05, 0.1) is 18.2 Å². The van der Waals surface area contributed by atoms with Crippen LogP contribution < -0.4 is 4.74 Å². The molecule has 1 aromatic carbocycles. The standard InChI is InChI=1S/C19H29N3O2/c1-19(2)14-24-18(20-19)17-15(6-5-7-16(17)23-4)8-9-22-12-10-21(3)11-13-22/h5-7H,8-14H2,1-4H3. The summed E-state index contributed by atoms with van der Waals surface area (Å²) in [4.78, 5) is 9.68. The zero-order valence-electron chi connectivity index (χ0n) is 15.3. The van der Waals surface area contributed by atoms with Gasteiger partial charge in [0, 0.05) is 32.7 Å². The van der Waals surface area contributed by atoms with E-state index in [2.05, 4.69) is 42.8 Å². The summed E-state index contributed by atoms with van der Waals surface area (Å²) in [6, 6.07) is 6.22. The van der Waals surface area contributed by atoms with E-state index in [1.54, 1.807) is 7.11 Å². The van der Waals surface area contributed by atoms with Crippen molar-refractivity contribution in [1.29, 1.82) is 0 Å². The molecule has 2 aliphatic rings. The lowest BCUT2D eigenvalue weighted by atomic mass is 10.0. The van der Waals surface area contributed by atoms with Gasteiger partial charge in [-0.2, -0.15) is 0 Å². The first-order valence-corrected chi connectivity index (χ1v) is 8.78. The second-order valence-corrected chi connectivity index (χ2v) is 7.41. The number of hydrogen-bond donors (Lipinski definition) is 0. The molecule has 0 atom stereocenters. The molecule has 0 spiro atoms. The molecule has 0 aliphatic carbocycles. The third-order valence-electron chi connectivity index (χ3n) is 4.81. The van der Waals surface area contributed by atoms with E-state index >= 15 is 0 Å². The topological polar surface area (TPSA) is 37.3 Å². The highest BCUT2D eigenvalue weighted by Crippen LogP contribution is 2.29. The van der Waals surface area contributed by atoms with E-state index in [1.807, 2.05) is 6.07 Å². The summed E-state index contributed by atoms with van der Waals surface area (Å²) in [5.41, 5.74) is 2.12. The molecule has 132 valence electrons. The normalized spacial score (nSPS) is 21.4. The van der Waals surface area contributed by atoms with Crippen LogP contribution in [0.1, 0.15) is 25.0 Å².